The van der Waals surface area contributed by atoms with Crippen LogP contribution < -0.4 is 5.32 Å². The number of nitrogens with zero attached hydrogens (tertiary/aromatic N) is 1. The average molecular weight is 601 g/mol. The number of benzene rings is 3. The molecule has 3 N–H and O–H groups in total. The summed E-state index contributed by atoms with van der Waals surface area (Å²) in [7, 11) is 2.06. The first-order valence-electron chi connectivity index (χ1n) is 15.3. The number of aliphatic hydroxyl groups excluding tert-OH is 1. The van der Waals surface area contributed by atoms with Crippen LogP contribution in [-0.4, -0.2) is 53.2 Å². The summed E-state index contributed by atoms with van der Waals surface area (Å²) in [4.78, 5) is 25.0. The van der Waals surface area contributed by atoms with Crippen molar-refractivity contribution in [1.82, 2.24) is 10.2 Å². The van der Waals surface area contributed by atoms with Gasteiger partial charge in [-0.1, -0.05) is 79.2 Å². The Morgan fingerprint density at radius 3 is 2.36 bits per heavy atom. The van der Waals surface area contributed by atoms with Crippen molar-refractivity contribution in [3.05, 3.63) is 108 Å². The number of aliphatic carboxylic acids is 1. The van der Waals surface area contributed by atoms with E-state index < -0.39 is 12.3 Å². The van der Waals surface area contributed by atoms with E-state index in [0.29, 0.717) is 25.8 Å². The minimum atomic E-state index is -0.800. The van der Waals surface area contributed by atoms with Crippen LogP contribution in [-0.2, 0) is 32.2 Å². The molecule has 8 nitrogen and oxygen atoms in total. The summed E-state index contributed by atoms with van der Waals surface area (Å²) >= 11 is 0. The Hall–Kier alpha value is -3.82. The topological polar surface area (TPSA) is 108 Å². The molecule has 3 atom stereocenters. The van der Waals surface area contributed by atoms with E-state index in [2.05, 4.69) is 42.0 Å². The molecule has 1 heterocycles. The Morgan fingerprint density at radius 1 is 0.932 bits per heavy atom. The van der Waals surface area contributed by atoms with Crippen LogP contribution in [0.4, 0.5) is 0 Å². The number of carboxylic acid groups (broad SMARTS) is 1. The number of hydrogen-bond donors (Lipinski definition) is 3. The number of carbonyl (C=O) groups excluding carboxylic acids is 1. The minimum Gasteiger partial charge on any atom is -0.481 e. The zero-order valence-corrected chi connectivity index (χ0v) is 25.5. The van der Waals surface area contributed by atoms with Crippen molar-refractivity contribution in [2.75, 3.05) is 20.1 Å². The van der Waals surface area contributed by atoms with Gasteiger partial charge in [-0.3, -0.25) is 9.59 Å². The van der Waals surface area contributed by atoms with E-state index in [4.69, 9.17) is 14.6 Å². The second-order valence-corrected chi connectivity index (χ2v) is 11.4. The van der Waals surface area contributed by atoms with Gasteiger partial charge in [0.2, 0.25) is 5.91 Å². The zero-order valence-electron chi connectivity index (χ0n) is 25.5. The van der Waals surface area contributed by atoms with E-state index in [1.165, 1.54) is 0 Å². The Labute approximate surface area is 260 Å². The molecule has 0 unspecified atom stereocenters. The lowest BCUT2D eigenvalue weighted by Gasteiger charge is -2.37. The van der Waals surface area contributed by atoms with Gasteiger partial charge in [-0.15, -0.1) is 6.58 Å². The predicted molar refractivity (Wildman–Crippen MR) is 171 cm³/mol. The van der Waals surface area contributed by atoms with E-state index >= 15 is 0 Å². The summed E-state index contributed by atoms with van der Waals surface area (Å²) in [5.74, 6) is -0.828. The molecule has 0 spiro atoms. The Morgan fingerprint density at radius 2 is 1.66 bits per heavy atom. The molecule has 0 aromatic heterocycles. The molecule has 0 bridgehead atoms. The van der Waals surface area contributed by atoms with E-state index in [1.807, 2.05) is 60.7 Å². The van der Waals surface area contributed by atoms with Gasteiger partial charge < -0.3 is 29.9 Å². The number of rotatable bonds is 16. The third kappa shape index (κ3) is 10.1. The number of nitrogens with one attached hydrogen (secondary N) is 1. The molecule has 8 heteroatoms. The van der Waals surface area contributed by atoms with Gasteiger partial charge in [0.15, 0.2) is 6.29 Å². The van der Waals surface area contributed by atoms with E-state index in [-0.39, 0.29) is 31.1 Å². The van der Waals surface area contributed by atoms with Gasteiger partial charge in [0.25, 0.3) is 0 Å². The molecule has 4 rings (SSSR count). The third-order valence-corrected chi connectivity index (χ3v) is 7.80. The van der Waals surface area contributed by atoms with Crippen LogP contribution in [0, 0.1) is 0 Å². The number of carbonyl (C=O) groups is 2. The number of aliphatic hydroxyl groups is 1. The van der Waals surface area contributed by atoms with Crippen LogP contribution in [0.25, 0.3) is 11.1 Å². The smallest absolute Gasteiger partial charge is 0.303 e. The average Bonchev–Trinajstić information content (AvgIpc) is 3.03. The van der Waals surface area contributed by atoms with E-state index in [0.717, 1.165) is 59.3 Å². The largest absolute Gasteiger partial charge is 0.481 e. The maximum absolute atomic E-state index is 12.2. The summed E-state index contributed by atoms with van der Waals surface area (Å²) in [6.07, 6.45) is 4.47. The molecule has 3 aromatic rings. The second kappa shape index (κ2) is 16.9. The summed E-state index contributed by atoms with van der Waals surface area (Å²) in [6, 6.07) is 24.2. The molecular formula is C36H44N2O6. The molecule has 1 saturated heterocycles. The Balaban J connectivity index is 1.39. The summed E-state index contributed by atoms with van der Waals surface area (Å²) in [5, 5.41) is 21.1. The minimum absolute atomic E-state index is 0.00792. The van der Waals surface area contributed by atoms with E-state index in [1.54, 1.807) is 0 Å². The lowest BCUT2D eigenvalue weighted by atomic mass is 9.99. The first-order valence-corrected chi connectivity index (χ1v) is 15.3. The van der Waals surface area contributed by atoms with Crippen molar-refractivity contribution in [1.29, 1.82) is 0 Å². The fraction of sp³-hybridized carbons (Fsp3) is 0.389. The van der Waals surface area contributed by atoms with Crippen molar-refractivity contribution in [2.24, 2.45) is 0 Å². The fourth-order valence-electron chi connectivity index (χ4n) is 5.40. The number of hydrogen-bond acceptors (Lipinski definition) is 6. The van der Waals surface area contributed by atoms with Crippen LogP contribution >= 0.6 is 0 Å². The highest BCUT2D eigenvalue weighted by atomic mass is 16.7. The monoisotopic (exact) mass is 600 g/mol. The fourth-order valence-corrected chi connectivity index (χ4v) is 5.40. The zero-order chi connectivity index (χ0) is 31.3. The molecule has 44 heavy (non-hydrogen) atoms. The molecule has 1 amide bonds. The molecule has 1 aliphatic heterocycles. The highest BCUT2D eigenvalue weighted by Gasteiger charge is 2.32. The maximum Gasteiger partial charge on any atom is 0.303 e. The molecule has 0 radical (unpaired) electrons. The maximum atomic E-state index is 12.2. The Kier molecular flexibility index (Phi) is 12.7. The lowest BCUT2D eigenvalue weighted by molar-refractivity contribution is -0.252. The van der Waals surface area contributed by atoms with Crippen molar-refractivity contribution in [2.45, 2.75) is 70.2 Å². The molecule has 234 valence electrons. The highest BCUT2D eigenvalue weighted by molar-refractivity contribution is 5.76. The summed E-state index contributed by atoms with van der Waals surface area (Å²) in [6.45, 7) is 5.82. The molecular weight excluding hydrogens is 556 g/mol. The molecule has 0 saturated carbocycles. The van der Waals surface area contributed by atoms with Gasteiger partial charge in [-0.25, -0.2) is 0 Å². The summed E-state index contributed by atoms with van der Waals surface area (Å²) in [5.41, 5.74) is 5.97. The predicted octanol–water partition coefficient (Wildman–Crippen LogP) is 6.16. The molecule has 3 aromatic carbocycles. The van der Waals surface area contributed by atoms with Gasteiger partial charge in [0.05, 0.1) is 18.8 Å². The van der Waals surface area contributed by atoms with E-state index in [9.17, 15) is 14.7 Å². The van der Waals surface area contributed by atoms with Crippen LogP contribution in [0.15, 0.2) is 85.5 Å². The van der Waals surface area contributed by atoms with Crippen molar-refractivity contribution in [3.8, 4) is 11.1 Å². The number of ether oxygens (including phenoxy) is 2. The van der Waals surface area contributed by atoms with Gasteiger partial charge in [0.1, 0.15) is 0 Å². The SMILES string of the molecule is C=CCN(C)C[C@@H]1C[C@H](c2ccc(CO)cc2)O[C@H](c2ccc(-c3cccc(CNC(=O)CCCCCC(=O)O)c3)cc2)O1. The van der Waals surface area contributed by atoms with Gasteiger partial charge in [-0.05, 0) is 53.8 Å². The normalized spacial score (nSPS) is 18.2. The van der Waals surface area contributed by atoms with Crippen LogP contribution in [0.1, 0.15) is 73.2 Å². The first kappa shape index (κ1) is 33.1. The Bertz CT molecular complexity index is 1360. The van der Waals surface area contributed by atoms with Crippen LogP contribution in [0.5, 0.6) is 0 Å². The lowest BCUT2D eigenvalue weighted by Crippen LogP contribution is -2.37. The number of carboxylic acids is 1. The number of amides is 1. The molecule has 1 fully saturated rings. The summed E-state index contributed by atoms with van der Waals surface area (Å²) < 4.78 is 12.9. The third-order valence-electron chi connectivity index (χ3n) is 7.80. The van der Waals surface area contributed by atoms with Crippen LogP contribution in [0.2, 0.25) is 0 Å². The molecule has 1 aliphatic rings. The highest BCUT2D eigenvalue weighted by Crippen LogP contribution is 2.38. The van der Waals surface area contributed by atoms with Crippen molar-refractivity contribution >= 4 is 11.9 Å². The quantitative estimate of drug-likeness (QED) is 0.134. The van der Waals surface area contributed by atoms with Crippen LogP contribution in [0.3, 0.4) is 0 Å². The number of likely N-dealkylation sites (N-methyl/N-ethyl adjacent to an activating group) is 1. The van der Waals surface area contributed by atoms with Gasteiger partial charge >= 0.3 is 5.97 Å². The first-order chi connectivity index (χ1) is 21.3. The van der Waals surface area contributed by atoms with Crippen molar-refractivity contribution in [3.63, 3.8) is 0 Å². The molecule has 0 aliphatic carbocycles. The van der Waals surface area contributed by atoms with Gasteiger partial charge in [-0.2, -0.15) is 0 Å². The second-order valence-electron chi connectivity index (χ2n) is 11.4. The van der Waals surface area contributed by atoms with Crippen molar-refractivity contribution < 1.29 is 29.3 Å². The number of unbranched alkanes of at least 4 members (excludes halogenated alkanes) is 2. The standard InChI is InChI=1S/C36H44N2O6/c1-3-20-38(2)24-32-22-33(29-14-12-26(25-39)13-15-29)44-36(43-32)30-18-16-28(17-19-30)31-9-7-8-27(21-31)23-37-34(40)10-5-4-6-11-35(41)42/h3,7-9,12-19,21,32-33,36,39H,1,4-6,10-11,20,22-25H2,2H3,(H,37,40)(H,41,42)/t32-,33+,36+/m0/s1. The van der Waals surface area contributed by atoms with Gasteiger partial charge in [0, 0.05) is 44.5 Å².